The molecule has 3 heterocycles. The fourth-order valence-electron chi connectivity index (χ4n) is 3.13. The Labute approximate surface area is 119 Å². The summed E-state index contributed by atoms with van der Waals surface area (Å²) in [5.41, 5.74) is 5.42. The molecule has 1 saturated carbocycles. The Balaban J connectivity index is 1.78. The van der Waals surface area contributed by atoms with Crippen LogP contribution in [0.3, 0.4) is 0 Å². The molecule has 21 heavy (non-hydrogen) atoms. The van der Waals surface area contributed by atoms with E-state index in [0.717, 1.165) is 0 Å². The van der Waals surface area contributed by atoms with E-state index in [1.54, 1.807) is 0 Å². The number of imidazole rings is 1. The molecule has 9 nitrogen and oxygen atoms in total. The zero-order chi connectivity index (χ0) is 14.8. The summed E-state index contributed by atoms with van der Waals surface area (Å²) in [6.45, 7) is 0. The summed E-state index contributed by atoms with van der Waals surface area (Å²) in [6.07, 6.45) is -0.266. The van der Waals surface area contributed by atoms with Gasteiger partial charge in [-0.1, -0.05) is 0 Å². The van der Waals surface area contributed by atoms with Crippen molar-refractivity contribution >= 4 is 17.0 Å². The standard InChI is InChI=1S/C12H15N5O4/c13-9-6-10(15-3-14-9)17(4-16-6)11-7(19)8(20)12(21-11)2-1-5(12)18/h3-5,7-8,11,18-20H,1-2H2,(H2,13,14,15)/t5-,7-,8+,11-,12?/m1/s1. The first kappa shape index (κ1) is 12.9. The fraction of sp³-hybridized carbons (Fsp3) is 0.583. The molecule has 0 radical (unpaired) electrons. The van der Waals surface area contributed by atoms with Crippen molar-refractivity contribution in [2.75, 3.05) is 5.73 Å². The first-order valence-corrected chi connectivity index (χ1v) is 6.69. The zero-order valence-corrected chi connectivity index (χ0v) is 11.0. The monoisotopic (exact) mass is 293 g/mol. The Morgan fingerprint density at radius 1 is 1.29 bits per heavy atom. The number of aliphatic hydroxyl groups excluding tert-OH is 3. The van der Waals surface area contributed by atoms with Crippen LogP contribution in [-0.4, -0.2) is 58.8 Å². The van der Waals surface area contributed by atoms with Crippen LogP contribution in [0.15, 0.2) is 12.7 Å². The van der Waals surface area contributed by atoms with Crippen molar-refractivity contribution in [2.24, 2.45) is 0 Å². The van der Waals surface area contributed by atoms with Crippen LogP contribution in [0.2, 0.25) is 0 Å². The van der Waals surface area contributed by atoms with Crippen molar-refractivity contribution in [2.45, 2.75) is 43.0 Å². The molecule has 5 N–H and O–H groups in total. The molecule has 2 aliphatic rings. The van der Waals surface area contributed by atoms with E-state index >= 15 is 0 Å². The van der Waals surface area contributed by atoms with Gasteiger partial charge in [-0.15, -0.1) is 0 Å². The van der Waals surface area contributed by atoms with E-state index in [-0.39, 0.29) is 5.82 Å². The van der Waals surface area contributed by atoms with Gasteiger partial charge in [0.25, 0.3) is 0 Å². The number of fused-ring (bicyclic) bond motifs is 1. The van der Waals surface area contributed by atoms with Gasteiger partial charge in [0.1, 0.15) is 29.7 Å². The van der Waals surface area contributed by atoms with E-state index in [1.807, 2.05) is 0 Å². The number of rotatable bonds is 1. The van der Waals surface area contributed by atoms with Gasteiger partial charge < -0.3 is 25.8 Å². The predicted octanol–water partition coefficient (Wildman–Crippen LogP) is -1.45. The number of hydrogen-bond acceptors (Lipinski definition) is 8. The van der Waals surface area contributed by atoms with Crippen LogP contribution in [0.4, 0.5) is 5.82 Å². The summed E-state index contributed by atoms with van der Waals surface area (Å²) in [5, 5.41) is 30.4. The normalized spacial score (nSPS) is 39.0. The van der Waals surface area contributed by atoms with Crippen LogP contribution in [-0.2, 0) is 4.74 Å². The van der Waals surface area contributed by atoms with E-state index in [2.05, 4.69) is 15.0 Å². The summed E-state index contributed by atoms with van der Waals surface area (Å²) in [4.78, 5) is 12.0. The summed E-state index contributed by atoms with van der Waals surface area (Å²) in [6, 6.07) is 0. The highest BCUT2D eigenvalue weighted by molar-refractivity contribution is 5.81. The Hall–Kier alpha value is -1.81. The van der Waals surface area contributed by atoms with E-state index in [4.69, 9.17) is 10.5 Å². The van der Waals surface area contributed by atoms with Crippen molar-refractivity contribution in [3.8, 4) is 0 Å². The van der Waals surface area contributed by atoms with Crippen LogP contribution >= 0.6 is 0 Å². The second kappa shape index (κ2) is 4.10. The largest absolute Gasteiger partial charge is 0.390 e. The minimum atomic E-state index is -1.19. The Morgan fingerprint density at radius 3 is 2.71 bits per heavy atom. The second-order valence-corrected chi connectivity index (χ2v) is 5.54. The summed E-state index contributed by atoms with van der Waals surface area (Å²) in [5.74, 6) is 0.227. The summed E-state index contributed by atoms with van der Waals surface area (Å²) >= 11 is 0. The molecule has 2 aromatic heterocycles. The molecule has 4 rings (SSSR count). The van der Waals surface area contributed by atoms with Gasteiger partial charge in [-0.05, 0) is 12.8 Å². The molecule has 2 fully saturated rings. The van der Waals surface area contributed by atoms with E-state index in [0.29, 0.717) is 24.0 Å². The van der Waals surface area contributed by atoms with Gasteiger partial charge in [0.15, 0.2) is 17.7 Å². The number of nitrogens with zero attached hydrogens (tertiary/aromatic N) is 4. The number of anilines is 1. The van der Waals surface area contributed by atoms with Crippen LogP contribution in [0.5, 0.6) is 0 Å². The van der Waals surface area contributed by atoms with Crippen molar-refractivity contribution in [1.82, 2.24) is 19.5 Å². The zero-order valence-electron chi connectivity index (χ0n) is 11.0. The van der Waals surface area contributed by atoms with Crippen molar-refractivity contribution < 1.29 is 20.1 Å². The Bertz CT molecular complexity index is 706. The molecule has 1 aliphatic heterocycles. The van der Waals surface area contributed by atoms with E-state index < -0.39 is 30.1 Å². The van der Waals surface area contributed by atoms with Crippen molar-refractivity contribution in [1.29, 1.82) is 0 Å². The van der Waals surface area contributed by atoms with Gasteiger partial charge >= 0.3 is 0 Å². The lowest BCUT2D eigenvalue weighted by atomic mass is 9.73. The van der Waals surface area contributed by atoms with Crippen LogP contribution in [0.25, 0.3) is 11.2 Å². The quantitative estimate of drug-likeness (QED) is 0.501. The molecule has 2 aromatic rings. The van der Waals surface area contributed by atoms with Crippen molar-refractivity contribution in [3.63, 3.8) is 0 Å². The molecule has 9 heteroatoms. The highest BCUT2D eigenvalue weighted by Gasteiger charge is 2.63. The fourth-order valence-corrected chi connectivity index (χ4v) is 3.13. The average Bonchev–Trinajstić information content (AvgIpc) is 3.01. The van der Waals surface area contributed by atoms with Crippen molar-refractivity contribution in [3.05, 3.63) is 12.7 Å². The van der Waals surface area contributed by atoms with Gasteiger partial charge in [0.2, 0.25) is 0 Å². The molecular formula is C12H15N5O4. The lowest BCUT2D eigenvalue weighted by Gasteiger charge is -2.44. The molecular weight excluding hydrogens is 278 g/mol. The van der Waals surface area contributed by atoms with E-state index in [9.17, 15) is 15.3 Å². The molecule has 5 atom stereocenters. The number of aromatic nitrogens is 4. The minimum Gasteiger partial charge on any atom is -0.390 e. The smallest absolute Gasteiger partial charge is 0.167 e. The van der Waals surface area contributed by atoms with Crippen LogP contribution < -0.4 is 5.73 Å². The third-order valence-corrected chi connectivity index (χ3v) is 4.49. The number of ether oxygens (including phenoxy) is 1. The Morgan fingerprint density at radius 2 is 2.10 bits per heavy atom. The van der Waals surface area contributed by atoms with Crippen LogP contribution in [0.1, 0.15) is 19.1 Å². The summed E-state index contributed by atoms with van der Waals surface area (Å²) < 4.78 is 7.29. The topological polar surface area (TPSA) is 140 Å². The first-order chi connectivity index (χ1) is 10.0. The number of hydrogen-bond donors (Lipinski definition) is 4. The molecule has 0 aromatic carbocycles. The number of nitrogen functional groups attached to an aromatic ring is 1. The third kappa shape index (κ3) is 1.51. The number of aliphatic hydroxyl groups is 3. The molecule has 1 spiro atoms. The third-order valence-electron chi connectivity index (χ3n) is 4.49. The maximum atomic E-state index is 10.3. The molecule has 1 saturated heterocycles. The molecule has 112 valence electrons. The molecule has 1 aliphatic carbocycles. The number of nitrogens with two attached hydrogens (primary N) is 1. The van der Waals surface area contributed by atoms with Gasteiger partial charge in [0, 0.05) is 0 Å². The Kier molecular flexibility index (Phi) is 2.52. The first-order valence-electron chi connectivity index (χ1n) is 6.69. The highest BCUT2D eigenvalue weighted by atomic mass is 16.6. The van der Waals surface area contributed by atoms with E-state index in [1.165, 1.54) is 17.2 Å². The molecule has 0 amide bonds. The van der Waals surface area contributed by atoms with Gasteiger partial charge in [-0.25, -0.2) is 15.0 Å². The highest BCUT2D eigenvalue weighted by Crippen LogP contribution is 2.49. The molecule has 1 unspecified atom stereocenters. The van der Waals surface area contributed by atoms with Gasteiger partial charge in [-0.3, -0.25) is 4.57 Å². The second-order valence-electron chi connectivity index (χ2n) is 5.54. The van der Waals surface area contributed by atoms with Gasteiger partial charge in [-0.2, -0.15) is 0 Å². The lowest BCUT2D eigenvalue weighted by Crippen LogP contribution is -2.59. The minimum absolute atomic E-state index is 0.227. The van der Waals surface area contributed by atoms with Gasteiger partial charge in [0.05, 0.1) is 12.4 Å². The summed E-state index contributed by atoms with van der Waals surface area (Å²) in [7, 11) is 0. The predicted molar refractivity (Wildman–Crippen MR) is 69.8 cm³/mol. The maximum absolute atomic E-state index is 10.3. The lowest BCUT2D eigenvalue weighted by molar-refractivity contribution is -0.213. The SMILES string of the molecule is Nc1ncnc2c1ncn2[C@@H]1OC2(CC[C@H]2O)[C@@H](O)[C@H]1O. The van der Waals surface area contributed by atoms with Crippen LogP contribution in [0, 0.1) is 0 Å². The average molecular weight is 293 g/mol. The molecule has 0 bridgehead atoms. The maximum Gasteiger partial charge on any atom is 0.167 e.